The first-order valence-corrected chi connectivity index (χ1v) is 3.14. The van der Waals surface area contributed by atoms with Gasteiger partial charge in [-0.25, -0.2) is 0 Å². The first-order valence-electron chi connectivity index (χ1n) is 3.14. The first-order chi connectivity index (χ1) is 4.90. The summed E-state index contributed by atoms with van der Waals surface area (Å²) in [5.74, 6) is -0.985. The maximum atomic E-state index is 10.7. The lowest BCUT2D eigenvalue weighted by Crippen LogP contribution is -2.52. The molecule has 0 fully saturated rings. The van der Waals surface area contributed by atoms with Crippen molar-refractivity contribution >= 4 is 11.8 Å². The molecule has 0 aromatic rings. The average molecular weight is 156 g/mol. The van der Waals surface area contributed by atoms with Crippen LogP contribution in [0.4, 0.5) is 0 Å². The van der Waals surface area contributed by atoms with Crippen molar-refractivity contribution in [1.82, 2.24) is 5.32 Å². The molecule has 4 heteroatoms. The molecule has 0 atom stereocenters. The van der Waals surface area contributed by atoms with Gasteiger partial charge in [-0.1, -0.05) is 6.58 Å². The fourth-order valence-electron chi connectivity index (χ4n) is 0.421. The highest BCUT2D eigenvalue weighted by Crippen LogP contribution is 1.99. The van der Waals surface area contributed by atoms with Gasteiger partial charge >= 0.3 is 0 Å². The van der Waals surface area contributed by atoms with Crippen molar-refractivity contribution in [2.45, 2.75) is 19.4 Å². The molecule has 0 aliphatic heterocycles. The van der Waals surface area contributed by atoms with Crippen molar-refractivity contribution in [1.29, 1.82) is 0 Å². The fourth-order valence-corrected chi connectivity index (χ4v) is 0.421. The average Bonchev–Trinajstić information content (AvgIpc) is 1.86. The summed E-state index contributed by atoms with van der Waals surface area (Å²) >= 11 is 0. The Morgan fingerprint density at radius 1 is 1.55 bits per heavy atom. The molecule has 4 nitrogen and oxygen atoms in total. The maximum Gasteiger partial charge on any atom is 0.244 e. The van der Waals surface area contributed by atoms with Crippen molar-refractivity contribution < 1.29 is 9.59 Å². The van der Waals surface area contributed by atoms with E-state index in [9.17, 15) is 9.59 Å². The molecule has 0 unspecified atom stereocenters. The Morgan fingerprint density at radius 2 is 2.00 bits per heavy atom. The Kier molecular flexibility index (Phi) is 2.80. The zero-order chi connectivity index (χ0) is 9.07. The highest BCUT2D eigenvalue weighted by Gasteiger charge is 2.25. The number of hydrogen-bond donors (Lipinski definition) is 2. The molecular formula is C7H12N2O2. The van der Waals surface area contributed by atoms with Gasteiger partial charge in [-0.15, -0.1) is 0 Å². The molecule has 0 saturated carbocycles. The smallest absolute Gasteiger partial charge is 0.244 e. The second-order valence-corrected chi connectivity index (χ2v) is 2.68. The summed E-state index contributed by atoms with van der Waals surface area (Å²) in [5, 5.41) is 2.37. The minimum atomic E-state index is -1.01. The van der Waals surface area contributed by atoms with Gasteiger partial charge in [-0.2, -0.15) is 0 Å². The molecule has 0 aromatic heterocycles. The number of amides is 2. The number of carbonyl (C=O) groups excluding carboxylic acids is 2. The molecule has 0 heterocycles. The maximum absolute atomic E-state index is 10.7. The summed E-state index contributed by atoms with van der Waals surface area (Å²) in [5.41, 5.74) is 3.98. The Hall–Kier alpha value is -1.32. The van der Waals surface area contributed by atoms with E-state index in [1.165, 1.54) is 13.8 Å². The lowest BCUT2D eigenvalue weighted by atomic mass is 10.1. The topological polar surface area (TPSA) is 72.2 Å². The molecule has 2 amide bonds. The highest BCUT2D eigenvalue weighted by molar-refractivity contribution is 5.93. The lowest BCUT2D eigenvalue weighted by Gasteiger charge is -2.20. The summed E-state index contributed by atoms with van der Waals surface area (Å²) in [6.07, 6.45) is 1.09. The predicted octanol–water partition coefficient (Wildman–Crippen LogP) is -0.448. The number of primary amides is 1. The number of carbonyl (C=O) groups is 2. The molecule has 0 bridgehead atoms. The SMILES string of the molecule is C=CC(=O)NC(C)(C)C(N)=O. The zero-order valence-electron chi connectivity index (χ0n) is 6.68. The van der Waals surface area contributed by atoms with Crippen LogP contribution in [-0.4, -0.2) is 17.4 Å². The Balaban J connectivity index is 4.23. The second kappa shape index (κ2) is 3.18. The number of rotatable bonds is 3. The minimum absolute atomic E-state index is 0.409. The van der Waals surface area contributed by atoms with Crippen LogP contribution in [0.15, 0.2) is 12.7 Å². The summed E-state index contributed by atoms with van der Waals surface area (Å²) < 4.78 is 0. The third kappa shape index (κ3) is 2.84. The van der Waals surface area contributed by atoms with Gasteiger partial charge in [0.15, 0.2) is 0 Å². The van der Waals surface area contributed by atoms with Crippen LogP contribution < -0.4 is 11.1 Å². The third-order valence-electron chi connectivity index (χ3n) is 1.24. The normalized spacial score (nSPS) is 10.4. The summed E-state index contributed by atoms with van der Waals surface area (Å²) in [6.45, 7) is 6.29. The molecule has 0 rings (SSSR count). The monoisotopic (exact) mass is 156 g/mol. The molecule has 0 radical (unpaired) electrons. The van der Waals surface area contributed by atoms with E-state index in [1.807, 2.05) is 0 Å². The predicted molar refractivity (Wildman–Crippen MR) is 41.6 cm³/mol. The molecule has 62 valence electrons. The fraction of sp³-hybridized carbons (Fsp3) is 0.429. The summed E-state index contributed by atoms with van der Waals surface area (Å²) in [7, 11) is 0. The van der Waals surface area contributed by atoms with Gasteiger partial charge in [0.2, 0.25) is 11.8 Å². The number of nitrogens with one attached hydrogen (secondary N) is 1. The molecule has 3 N–H and O–H groups in total. The molecule has 0 spiro atoms. The van der Waals surface area contributed by atoms with Gasteiger partial charge in [-0.05, 0) is 19.9 Å². The van der Waals surface area contributed by atoms with E-state index >= 15 is 0 Å². The van der Waals surface area contributed by atoms with E-state index in [0.717, 1.165) is 6.08 Å². The zero-order valence-corrected chi connectivity index (χ0v) is 6.68. The molecule has 0 aromatic carbocycles. The van der Waals surface area contributed by atoms with Gasteiger partial charge in [-0.3, -0.25) is 9.59 Å². The Labute approximate surface area is 65.5 Å². The molecular weight excluding hydrogens is 144 g/mol. The van der Waals surface area contributed by atoms with Crippen molar-refractivity contribution in [3.63, 3.8) is 0 Å². The van der Waals surface area contributed by atoms with Crippen molar-refractivity contribution in [2.24, 2.45) is 5.73 Å². The van der Waals surface area contributed by atoms with Crippen LogP contribution in [0, 0.1) is 0 Å². The molecule has 0 aliphatic rings. The Bertz CT molecular complexity index is 197. The number of nitrogens with two attached hydrogens (primary N) is 1. The molecule has 0 saturated heterocycles. The van der Waals surface area contributed by atoms with Gasteiger partial charge in [0.1, 0.15) is 5.54 Å². The van der Waals surface area contributed by atoms with E-state index in [1.54, 1.807) is 0 Å². The van der Waals surface area contributed by atoms with Gasteiger partial charge in [0.05, 0.1) is 0 Å². The third-order valence-corrected chi connectivity index (χ3v) is 1.24. The first kappa shape index (κ1) is 9.68. The van der Waals surface area contributed by atoms with Gasteiger partial charge in [0.25, 0.3) is 0 Å². The largest absolute Gasteiger partial charge is 0.368 e. The van der Waals surface area contributed by atoms with Gasteiger partial charge < -0.3 is 11.1 Å². The van der Waals surface area contributed by atoms with Crippen LogP contribution in [-0.2, 0) is 9.59 Å². The second-order valence-electron chi connectivity index (χ2n) is 2.68. The van der Waals surface area contributed by atoms with E-state index in [4.69, 9.17) is 5.73 Å². The van der Waals surface area contributed by atoms with Crippen molar-refractivity contribution in [3.8, 4) is 0 Å². The van der Waals surface area contributed by atoms with E-state index in [0.29, 0.717) is 0 Å². The van der Waals surface area contributed by atoms with Crippen LogP contribution in [0.5, 0.6) is 0 Å². The highest BCUT2D eigenvalue weighted by atomic mass is 16.2. The molecule has 0 aliphatic carbocycles. The van der Waals surface area contributed by atoms with Crippen molar-refractivity contribution in [2.75, 3.05) is 0 Å². The van der Waals surface area contributed by atoms with Crippen LogP contribution in [0.3, 0.4) is 0 Å². The van der Waals surface area contributed by atoms with Crippen LogP contribution in [0.2, 0.25) is 0 Å². The summed E-state index contributed by atoms with van der Waals surface area (Å²) in [6, 6.07) is 0. The Morgan fingerprint density at radius 3 is 2.27 bits per heavy atom. The van der Waals surface area contributed by atoms with Crippen molar-refractivity contribution in [3.05, 3.63) is 12.7 Å². The lowest BCUT2D eigenvalue weighted by molar-refractivity contribution is -0.128. The minimum Gasteiger partial charge on any atom is -0.368 e. The van der Waals surface area contributed by atoms with Gasteiger partial charge in [0, 0.05) is 0 Å². The quantitative estimate of drug-likeness (QED) is 0.543. The van der Waals surface area contributed by atoms with E-state index in [-0.39, 0.29) is 0 Å². The molecule has 11 heavy (non-hydrogen) atoms. The van der Waals surface area contributed by atoms with E-state index < -0.39 is 17.4 Å². The van der Waals surface area contributed by atoms with Crippen LogP contribution in [0.1, 0.15) is 13.8 Å². The van der Waals surface area contributed by atoms with Crippen LogP contribution >= 0.6 is 0 Å². The van der Waals surface area contributed by atoms with Crippen LogP contribution in [0.25, 0.3) is 0 Å². The standard InChI is InChI=1S/C7H12N2O2/c1-4-5(10)9-7(2,3)6(8)11/h4H,1H2,2-3H3,(H2,8,11)(H,9,10). The number of hydrogen-bond acceptors (Lipinski definition) is 2. The summed E-state index contributed by atoms with van der Waals surface area (Å²) in [4.78, 5) is 21.3. The van der Waals surface area contributed by atoms with E-state index in [2.05, 4.69) is 11.9 Å².